The fourth-order valence-electron chi connectivity index (χ4n) is 3.38. The van der Waals surface area contributed by atoms with Crippen molar-refractivity contribution in [2.75, 3.05) is 13.2 Å². The molecule has 3 aromatic carbocycles. The summed E-state index contributed by atoms with van der Waals surface area (Å²) in [5, 5.41) is 0.836. The first kappa shape index (κ1) is 23.4. The van der Waals surface area contributed by atoms with Gasteiger partial charge >= 0.3 is 0 Å². The van der Waals surface area contributed by atoms with Crippen LogP contribution in [0, 0.1) is 0 Å². The van der Waals surface area contributed by atoms with Gasteiger partial charge in [0.15, 0.2) is 17.2 Å². The normalized spacial score (nSPS) is 13.6. The summed E-state index contributed by atoms with van der Waals surface area (Å²) in [7, 11) is 0. The van der Waals surface area contributed by atoms with Gasteiger partial charge in [0.1, 0.15) is 12.4 Å². The number of hydrogen-bond donors (Lipinski definition) is 0. The zero-order valence-electron chi connectivity index (χ0n) is 18.6. The summed E-state index contributed by atoms with van der Waals surface area (Å²) in [5.74, 6) is 2.39. The van der Waals surface area contributed by atoms with E-state index in [1.807, 2.05) is 62.4 Å². The fraction of sp³-hybridized carbons (Fsp3) is 0.308. The molecule has 0 spiro atoms. The second kappa shape index (κ2) is 10.4. The zero-order valence-corrected chi connectivity index (χ0v) is 20.1. The highest BCUT2D eigenvalue weighted by Gasteiger charge is 2.33. The van der Waals surface area contributed by atoms with E-state index in [9.17, 15) is 0 Å². The minimum absolute atomic E-state index is 0.418. The molecule has 0 atom stereocenters. The molecule has 4 rings (SSSR count). The van der Waals surface area contributed by atoms with Crippen LogP contribution in [0.15, 0.2) is 60.7 Å². The SMILES string of the molecule is CC1(C)Oc2cccc(OCCCCOc3c(Cl)cc(OCc4ccccc4)cc3Cl)c2O1. The molecule has 33 heavy (non-hydrogen) atoms. The Bertz CT molecular complexity index is 1060. The largest absolute Gasteiger partial charge is 0.490 e. The highest BCUT2D eigenvalue weighted by molar-refractivity contribution is 6.37. The summed E-state index contributed by atoms with van der Waals surface area (Å²) >= 11 is 12.7. The molecule has 7 heteroatoms. The van der Waals surface area contributed by atoms with Crippen LogP contribution in [0.2, 0.25) is 10.0 Å². The van der Waals surface area contributed by atoms with Crippen LogP contribution in [-0.2, 0) is 6.61 Å². The summed E-state index contributed by atoms with van der Waals surface area (Å²) in [6.45, 7) is 5.16. The molecule has 0 saturated heterocycles. The molecule has 0 fully saturated rings. The van der Waals surface area contributed by atoms with E-state index in [1.165, 1.54) is 0 Å². The maximum absolute atomic E-state index is 6.37. The Morgan fingerprint density at radius 2 is 1.48 bits per heavy atom. The molecule has 0 radical (unpaired) electrons. The number of rotatable bonds is 10. The van der Waals surface area contributed by atoms with Crippen molar-refractivity contribution < 1.29 is 23.7 Å². The van der Waals surface area contributed by atoms with Gasteiger partial charge in [-0.25, -0.2) is 0 Å². The third-order valence-electron chi connectivity index (χ3n) is 4.91. The summed E-state index contributed by atoms with van der Waals surface area (Å²) in [6.07, 6.45) is 1.57. The van der Waals surface area contributed by atoms with E-state index in [1.54, 1.807) is 12.1 Å². The van der Waals surface area contributed by atoms with Crippen molar-refractivity contribution in [1.29, 1.82) is 0 Å². The minimum atomic E-state index is -0.684. The van der Waals surface area contributed by atoms with Gasteiger partial charge in [0.05, 0.1) is 23.3 Å². The van der Waals surface area contributed by atoms with E-state index >= 15 is 0 Å². The van der Waals surface area contributed by atoms with Crippen LogP contribution in [0.3, 0.4) is 0 Å². The first-order chi connectivity index (χ1) is 15.9. The standard InChI is InChI=1S/C26H26Cl2O5/c1-26(2)32-23-12-8-11-22(25(23)33-26)29-13-6-7-14-30-24-20(27)15-19(16-21(24)28)31-17-18-9-4-3-5-10-18/h3-5,8-12,15-16H,6-7,13-14,17H2,1-2H3. The van der Waals surface area contributed by atoms with Gasteiger partial charge in [-0.05, 0) is 30.5 Å². The molecular weight excluding hydrogens is 463 g/mol. The lowest BCUT2D eigenvalue weighted by Gasteiger charge is -2.16. The van der Waals surface area contributed by atoms with Crippen molar-refractivity contribution >= 4 is 23.2 Å². The predicted molar refractivity (Wildman–Crippen MR) is 129 cm³/mol. The van der Waals surface area contributed by atoms with Crippen molar-refractivity contribution in [3.63, 3.8) is 0 Å². The molecule has 174 valence electrons. The Morgan fingerprint density at radius 1 is 0.788 bits per heavy atom. The first-order valence-electron chi connectivity index (χ1n) is 10.8. The van der Waals surface area contributed by atoms with Crippen molar-refractivity contribution in [2.24, 2.45) is 0 Å². The van der Waals surface area contributed by atoms with Gasteiger partial charge in [-0.3, -0.25) is 0 Å². The number of hydrogen-bond acceptors (Lipinski definition) is 5. The highest BCUT2D eigenvalue weighted by Crippen LogP contribution is 2.45. The maximum atomic E-state index is 6.37. The predicted octanol–water partition coefficient (Wildman–Crippen LogP) is 7.32. The lowest BCUT2D eigenvalue weighted by Crippen LogP contribution is -2.29. The van der Waals surface area contributed by atoms with E-state index in [2.05, 4.69) is 0 Å². The van der Waals surface area contributed by atoms with Gasteiger partial charge in [0.25, 0.3) is 0 Å². The fourth-order valence-corrected chi connectivity index (χ4v) is 3.96. The molecule has 0 aliphatic carbocycles. The lowest BCUT2D eigenvalue weighted by atomic mass is 10.2. The van der Waals surface area contributed by atoms with Crippen LogP contribution >= 0.6 is 23.2 Å². The quantitative estimate of drug-likeness (QED) is 0.279. The Hall–Kier alpha value is -2.76. The maximum Gasteiger partial charge on any atom is 0.246 e. The molecular formula is C26H26Cl2O5. The number of ether oxygens (including phenoxy) is 5. The molecule has 0 bridgehead atoms. The van der Waals surface area contributed by atoms with Crippen molar-refractivity contribution in [2.45, 2.75) is 39.1 Å². The molecule has 0 saturated carbocycles. The smallest absolute Gasteiger partial charge is 0.246 e. The lowest BCUT2D eigenvalue weighted by molar-refractivity contribution is -0.0441. The molecule has 1 aliphatic rings. The Labute approximate surface area is 204 Å². The molecule has 0 N–H and O–H groups in total. The Kier molecular flexibility index (Phi) is 7.41. The van der Waals surface area contributed by atoms with Gasteiger partial charge in [-0.1, -0.05) is 59.6 Å². The molecule has 0 aromatic heterocycles. The third kappa shape index (κ3) is 6.18. The van der Waals surface area contributed by atoms with E-state index in [0.29, 0.717) is 58.6 Å². The Morgan fingerprint density at radius 3 is 2.21 bits per heavy atom. The number of para-hydroxylation sites is 1. The average Bonchev–Trinajstić information content (AvgIpc) is 3.11. The van der Waals surface area contributed by atoms with E-state index in [-0.39, 0.29) is 0 Å². The van der Waals surface area contributed by atoms with Crippen LogP contribution in [0.25, 0.3) is 0 Å². The summed E-state index contributed by atoms with van der Waals surface area (Å²) in [5.41, 5.74) is 1.07. The molecule has 3 aromatic rings. The minimum Gasteiger partial charge on any atom is -0.490 e. The van der Waals surface area contributed by atoms with Crippen molar-refractivity contribution in [3.05, 3.63) is 76.3 Å². The van der Waals surface area contributed by atoms with Crippen LogP contribution in [0.4, 0.5) is 0 Å². The van der Waals surface area contributed by atoms with Gasteiger partial charge in [0.2, 0.25) is 11.5 Å². The van der Waals surface area contributed by atoms with Gasteiger partial charge in [-0.2, -0.15) is 0 Å². The molecule has 0 amide bonds. The van der Waals surface area contributed by atoms with E-state index < -0.39 is 5.79 Å². The number of unbranched alkanes of at least 4 members (excludes halogenated alkanes) is 1. The number of halogens is 2. The summed E-state index contributed by atoms with van der Waals surface area (Å²) < 4.78 is 29.1. The Balaban J connectivity index is 1.22. The van der Waals surface area contributed by atoms with E-state index in [4.69, 9.17) is 46.9 Å². The molecule has 5 nitrogen and oxygen atoms in total. The zero-order chi connectivity index (χ0) is 23.3. The second-order valence-electron chi connectivity index (χ2n) is 8.08. The van der Waals surface area contributed by atoms with Crippen LogP contribution in [0.5, 0.6) is 28.7 Å². The van der Waals surface area contributed by atoms with Crippen LogP contribution in [0.1, 0.15) is 32.3 Å². The molecule has 0 unspecified atom stereocenters. The third-order valence-corrected chi connectivity index (χ3v) is 5.47. The summed E-state index contributed by atoms with van der Waals surface area (Å²) in [6, 6.07) is 19.0. The van der Waals surface area contributed by atoms with E-state index in [0.717, 1.165) is 18.4 Å². The number of fused-ring (bicyclic) bond motifs is 1. The monoisotopic (exact) mass is 488 g/mol. The van der Waals surface area contributed by atoms with Crippen molar-refractivity contribution in [1.82, 2.24) is 0 Å². The van der Waals surface area contributed by atoms with Crippen LogP contribution < -0.4 is 23.7 Å². The van der Waals surface area contributed by atoms with Gasteiger partial charge < -0.3 is 23.7 Å². The van der Waals surface area contributed by atoms with Crippen LogP contribution in [-0.4, -0.2) is 19.0 Å². The molecule has 1 heterocycles. The summed E-state index contributed by atoms with van der Waals surface area (Å²) in [4.78, 5) is 0. The van der Waals surface area contributed by atoms with Gasteiger partial charge in [0, 0.05) is 26.0 Å². The number of benzene rings is 3. The second-order valence-corrected chi connectivity index (χ2v) is 8.90. The average molecular weight is 489 g/mol. The first-order valence-corrected chi connectivity index (χ1v) is 11.6. The molecule has 1 aliphatic heterocycles. The van der Waals surface area contributed by atoms with Gasteiger partial charge in [-0.15, -0.1) is 0 Å². The van der Waals surface area contributed by atoms with Crippen molar-refractivity contribution in [3.8, 4) is 28.7 Å². The topological polar surface area (TPSA) is 46.2 Å². The highest BCUT2D eigenvalue weighted by atomic mass is 35.5.